The lowest BCUT2D eigenvalue weighted by Crippen LogP contribution is -2.31. The van der Waals surface area contributed by atoms with Gasteiger partial charge in [-0.3, -0.25) is 0 Å². The van der Waals surface area contributed by atoms with Gasteiger partial charge in [-0.2, -0.15) is 5.26 Å². The zero-order chi connectivity index (χ0) is 14.5. The molecule has 0 amide bonds. The Hall–Kier alpha value is -2.36. The van der Waals surface area contributed by atoms with E-state index in [2.05, 4.69) is 0 Å². The third-order valence-corrected chi connectivity index (χ3v) is 2.73. The molecule has 0 aliphatic rings. The Kier molecular flexibility index (Phi) is 4.36. The van der Waals surface area contributed by atoms with E-state index in [0.717, 1.165) is 11.6 Å². The van der Waals surface area contributed by atoms with Gasteiger partial charge in [0.1, 0.15) is 18.2 Å². The Morgan fingerprint density at radius 1 is 1.15 bits per heavy atom. The smallest absolute Gasteiger partial charge is 0.489 e. The van der Waals surface area contributed by atoms with Gasteiger partial charge in [-0.05, 0) is 35.9 Å². The zero-order valence-electron chi connectivity index (χ0n) is 10.5. The molecule has 0 saturated heterocycles. The predicted molar refractivity (Wildman–Crippen MR) is 71.7 cm³/mol. The number of nitrogens with zero attached hydrogens (tertiary/aromatic N) is 1. The van der Waals surface area contributed by atoms with Crippen LogP contribution < -0.4 is 10.2 Å². The topological polar surface area (TPSA) is 73.5 Å². The van der Waals surface area contributed by atoms with Crippen LogP contribution in [0.4, 0.5) is 4.39 Å². The van der Waals surface area contributed by atoms with Crippen molar-refractivity contribution in [3.05, 3.63) is 59.4 Å². The molecule has 0 fully saturated rings. The van der Waals surface area contributed by atoms with E-state index in [1.807, 2.05) is 6.07 Å². The van der Waals surface area contributed by atoms with Crippen LogP contribution in [0.1, 0.15) is 11.1 Å². The minimum Gasteiger partial charge on any atom is -0.489 e. The molecule has 0 saturated carbocycles. The van der Waals surface area contributed by atoms with Gasteiger partial charge in [0.2, 0.25) is 0 Å². The largest absolute Gasteiger partial charge is 0.492 e. The van der Waals surface area contributed by atoms with Crippen molar-refractivity contribution in [1.29, 1.82) is 5.26 Å². The first-order valence-corrected chi connectivity index (χ1v) is 5.87. The predicted octanol–water partition coefficient (Wildman–Crippen LogP) is 0.956. The van der Waals surface area contributed by atoms with Gasteiger partial charge in [0.15, 0.2) is 0 Å². The summed E-state index contributed by atoms with van der Waals surface area (Å²) >= 11 is 0. The van der Waals surface area contributed by atoms with Crippen molar-refractivity contribution in [3.63, 3.8) is 0 Å². The van der Waals surface area contributed by atoms with Crippen LogP contribution in [0.5, 0.6) is 5.75 Å². The molecule has 0 spiro atoms. The number of nitriles is 1. The lowest BCUT2D eigenvalue weighted by molar-refractivity contribution is 0.306. The lowest BCUT2D eigenvalue weighted by atomic mass is 9.79. The Bertz CT molecular complexity index is 638. The summed E-state index contributed by atoms with van der Waals surface area (Å²) in [7, 11) is -1.80. The van der Waals surface area contributed by atoms with Crippen LogP contribution in [0.25, 0.3) is 0 Å². The van der Waals surface area contributed by atoms with Crippen LogP contribution in [0.2, 0.25) is 0 Å². The summed E-state index contributed by atoms with van der Waals surface area (Å²) in [4.78, 5) is 0. The van der Waals surface area contributed by atoms with E-state index in [9.17, 15) is 4.39 Å². The van der Waals surface area contributed by atoms with Gasteiger partial charge in [0.05, 0.1) is 11.6 Å². The number of ether oxygens (including phenoxy) is 1. The van der Waals surface area contributed by atoms with Gasteiger partial charge in [-0.15, -0.1) is 0 Å². The average Bonchev–Trinajstić information content (AvgIpc) is 2.46. The molecule has 0 aliphatic heterocycles. The number of rotatable bonds is 4. The van der Waals surface area contributed by atoms with Crippen molar-refractivity contribution in [3.8, 4) is 11.8 Å². The van der Waals surface area contributed by atoms with Crippen molar-refractivity contribution in [2.75, 3.05) is 0 Å². The van der Waals surface area contributed by atoms with Crippen molar-refractivity contribution in [1.82, 2.24) is 0 Å². The molecule has 4 nitrogen and oxygen atoms in total. The minimum atomic E-state index is -1.80. The molecule has 100 valence electrons. The maximum absolute atomic E-state index is 13.0. The molecule has 0 radical (unpaired) electrons. The molecule has 2 aromatic carbocycles. The third-order valence-electron chi connectivity index (χ3n) is 2.73. The second-order valence-corrected chi connectivity index (χ2v) is 4.15. The summed E-state index contributed by atoms with van der Waals surface area (Å²) < 4.78 is 18.5. The Morgan fingerprint density at radius 2 is 1.85 bits per heavy atom. The summed E-state index contributed by atoms with van der Waals surface area (Å²) in [6, 6.07) is 12.3. The molecule has 0 bridgehead atoms. The van der Waals surface area contributed by atoms with Crippen LogP contribution in [0.15, 0.2) is 42.5 Å². The molecule has 2 N–H and O–H groups in total. The fraction of sp³-hybridized carbons (Fsp3) is 0.0714. The molecule has 20 heavy (non-hydrogen) atoms. The fourth-order valence-electron chi connectivity index (χ4n) is 1.69. The van der Waals surface area contributed by atoms with E-state index in [4.69, 9.17) is 20.0 Å². The first-order chi connectivity index (χ1) is 9.60. The highest BCUT2D eigenvalue weighted by Gasteiger charge is 2.18. The highest BCUT2D eigenvalue weighted by molar-refractivity contribution is 6.59. The van der Waals surface area contributed by atoms with E-state index >= 15 is 0 Å². The van der Waals surface area contributed by atoms with E-state index < -0.39 is 12.9 Å². The summed E-state index contributed by atoms with van der Waals surface area (Å²) in [5.41, 5.74) is 1.33. The highest BCUT2D eigenvalue weighted by Crippen LogP contribution is 2.13. The van der Waals surface area contributed by atoms with Crippen molar-refractivity contribution < 1.29 is 19.2 Å². The zero-order valence-corrected chi connectivity index (χ0v) is 10.5. The molecule has 0 atom stereocenters. The Morgan fingerprint density at radius 3 is 2.45 bits per heavy atom. The first kappa shape index (κ1) is 14.1. The summed E-state index contributed by atoms with van der Waals surface area (Å²) in [6.45, 7) is 0.178. The number of halogens is 1. The van der Waals surface area contributed by atoms with E-state index in [0.29, 0.717) is 5.56 Å². The molecule has 6 heteroatoms. The van der Waals surface area contributed by atoms with Crippen molar-refractivity contribution in [2.24, 2.45) is 0 Å². The van der Waals surface area contributed by atoms with Crippen LogP contribution in [-0.4, -0.2) is 17.2 Å². The second kappa shape index (κ2) is 6.19. The quantitative estimate of drug-likeness (QED) is 0.812. The maximum atomic E-state index is 13.0. The van der Waals surface area contributed by atoms with E-state index in [1.165, 1.54) is 12.1 Å². The number of hydrogen-bond acceptors (Lipinski definition) is 4. The van der Waals surface area contributed by atoms with Crippen LogP contribution >= 0.6 is 0 Å². The van der Waals surface area contributed by atoms with Crippen LogP contribution in [0, 0.1) is 17.1 Å². The summed E-state index contributed by atoms with van der Waals surface area (Å²) in [5, 5.41) is 27.0. The second-order valence-electron chi connectivity index (χ2n) is 4.15. The van der Waals surface area contributed by atoms with E-state index in [-0.39, 0.29) is 17.8 Å². The minimum absolute atomic E-state index is 0.0290. The molecule has 2 aromatic rings. The molecular weight excluding hydrogens is 260 g/mol. The van der Waals surface area contributed by atoms with E-state index in [1.54, 1.807) is 24.3 Å². The van der Waals surface area contributed by atoms with Gasteiger partial charge in [-0.25, -0.2) is 4.39 Å². The Balaban J connectivity index is 2.12. The SMILES string of the molecule is N#Cc1ccc(COc2ccc(F)cc2B(O)O)cc1. The van der Waals surface area contributed by atoms with Crippen LogP contribution in [-0.2, 0) is 6.61 Å². The Labute approximate surface area is 115 Å². The molecular formula is C14H11BFNO3. The number of hydrogen-bond donors (Lipinski definition) is 2. The van der Waals surface area contributed by atoms with Gasteiger partial charge in [-0.1, -0.05) is 12.1 Å². The molecule has 0 heterocycles. The van der Waals surface area contributed by atoms with Gasteiger partial charge < -0.3 is 14.8 Å². The fourth-order valence-corrected chi connectivity index (χ4v) is 1.69. The highest BCUT2D eigenvalue weighted by atomic mass is 19.1. The van der Waals surface area contributed by atoms with Crippen LogP contribution in [0.3, 0.4) is 0 Å². The molecule has 0 aromatic heterocycles. The summed E-state index contributed by atoms with van der Waals surface area (Å²) in [6.07, 6.45) is 0. The number of benzene rings is 2. The standard InChI is InChI=1S/C14H11BFNO3/c16-12-5-6-14(13(7-12)15(18)19)20-9-11-3-1-10(8-17)2-4-11/h1-7,18-19H,9H2. The molecule has 0 unspecified atom stereocenters. The maximum Gasteiger partial charge on any atom is 0.492 e. The molecule has 0 aliphatic carbocycles. The molecule has 2 rings (SSSR count). The van der Waals surface area contributed by atoms with Crippen molar-refractivity contribution in [2.45, 2.75) is 6.61 Å². The lowest BCUT2D eigenvalue weighted by Gasteiger charge is -2.11. The van der Waals surface area contributed by atoms with Gasteiger partial charge >= 0.3 is 7.12 Å². The monoisotopic (exact) mass is 271 g/mol. The third kappa shape index (κ3) is 3.35. The van der Waals surface area contributed by atoms with Crippen molar-refractivity contribution >= 4 is 12.6 Å². The van der Waals surface area contributed by atoms with Gasteiger partial charge in [0.25, 0.3) is 0 Å². The average molecular weight is 271 g/mol. The first-order valence-electron chi connectivity index (χ1n) is 5.87. The van der Waals surface area contributed by atoms with Gasteiger partial charge in [0, 0.05) is 5.46 Å². The summed E-state index contributed by atoms with van der Waals surface area (Å²) in [5.74, 6) is -0.371. The normalized spacial score (nSPS) is 9.90.